The van der Waals surface area contributed by atoms with Crippen LogP contribution in [0.1, 0.15) is 5.56 Å². The van der Waals surface area contributed by atoms with Crippen molar-refractivity contribution in [3.8, 4) is 5.75 Å². The van der Waals surface area contributed by atoms with Crippen LogP contribution in [0.3, 0.4) is 0 Å². The van der Waals surface area contributed by atoms with Gasteiger partial charge >= 0.3 is 10.1 Å². The largest absolute Gasteiger partial charge is 0.384 e. The molecule has 0 unspecified atom stereocenters. The first kappa shape index (κ1) is 14.5. The van der Waals surface area contributed by atoms with Crippen molar-refractivity contribution in [1.82, 2.24) is 4.98 Å². The average Bonchev–Trinajstić information content (AvgIpc) is 2.47. The Morgan fingerprint density at radius 3 is 2.50 bits per heavy atom. The van der Waals surface area contributed by atoms with Gasteiger partial charge in [-0.3, -0.25) is 4.98 Å². The third-order valence-electron chi connectivity index (χ3n) is 2.65. The van der Waals surface area contributed by atoms with Gasteiger partial charge in [0, 0.05) is 19.5 Å². The molecule has 0 saturated carbocycles. The second kappa shape index (κ2) is 6.49. The summed E-state index contributed by atoms with van der Waals surface area (Å²) in [7, 11) is -2.19. The molecule has 0 saturated heterocycles. The molecular weight excluding hydrogens is 278 g/mol. The maximum atomic E-state index is 12.0. The molecule has 0 radical (unpaired) electrons. The van der Waals surface area contributed by atoms with E-state index < -0.39 is 10.1 Å². The zero-order chi connectivity index (χ0) is 14.4. The second-order valence-electron chi connectivity index (χ2n) is 4.11. The fourth-order valence-electron chi connectivity index (χ4n) is 1.60. The Hall–Kier alpha value is -1.92. The molecule has 0 aliphatic carbocycles. The molecule has 2 aromatic rings. The molecule has 6 heteroatoms. The maximum Gasteiger partial charge on any atom is 0.340 e. The van der Waals surface area contributed by atoms with E-state index in [2.05, 4.69) is 4.98 Å². The monoisotopic (exact) mass is 293 g/mol. The van der Waals surface area contributed by atoms with Crippen LogP contribution in [0.4, 0.5) is 0 Å². The molecule has 0 amide bonds. The van der Waals surface area contributed by atoms with Crippen molar-refractivity contribution in [3.05, 3.63) is 54.4 Å². The van der Waals surface area contributed by atoms with Crippen molar-refractivity contribution < 1.29 is 17.3 Å². The fraction of sp³-hybridized carbons (Fsp3) is 0.214. The van der Waals surface area contributed by atoms with Crippen LogP contribution in [0.25, 0.3) is 0 Å². The zero-order valence-electron chi connectivity index (χ0n) is 11.0. The summed E-state index contributed by atoms with van der Waals surface area (Å²) in [5, 5.41) is 0. The topological polar surface area (TPSA) is 65.5 Å². The van der Waals surface area contributed by atoms with Gasteiger partial charge in [0.05, 0.1) is 6.61 Å². The number of methoxy groups -OCH3 is 1. The summed E-state index contributed by atoms with van der Waals surface area (Å²) in [5.41, 5.74) is 1.05. The summed E-state index contributed by atoms with van der Waals surface area (Å²) in [4.78, 5) is 3.80. The Morgan fingerprint density at radius 1 is 1.15 bits per heavy atom. The van der Waals surface area contributed by atoms with Gasteiger partial charge in [-0.1, -0.05) is 12.1 Å². The Morgan fingerprint density at radius 2 is 1.90 bits per heavy atom. The summed E-state index contributed by atoms with van der Waals surface area (Å²) in [5.74, 6) is 0.273. The highest BCUT2D eigenvalue weighted by Gasteiger charge is 2.16. The molecule has 106 valence electrons. The van der Waals surface area contributed by atoms with Crippen LogP contribution < -0.4 is 4.18 Å². The van der Waals surface area contributed by atoms with Gasteiger partial charge in [-0.2, -0.15) is 8.42 Å². The van der Waals surface area contributed by atoms with Crippen molar-refractivity contribution in [2.45, 2.75) is 11.3 Å². The van der Waals surface area contributed by atoms with Gasteiger partial charge in [0.2, 0.25) is 0 Å². The van der Waals surface area contributed by atoms with Gasteiger partial charge < -0.3 is 8.92 Å². The molecule has 5 nitrogen and oxygen atoms in total. The fourth-order valence-corrected chi connectivity index (χ4v) is 2.50. The molecule has 1 aromatic heterocycles. The summed E-state index contributed by atoms with van der Waals surface area (Å²) < 4.78 is 34.0. The van der Waals surface area contributed by atoms with Gasteiger partial charge in [-0.25, -0.2) is 0 Å². The number of rotatable bonds is 6. The predicted octanol–water partition coefficient (Wildman–Crippen LogP) is 2.04. The Balaban J connectivity index is 2.10. The van der Waals surface area contributed by atoms with E-state index >= 15 is 0 Å². The van der Waals surface area contributed by atoms with E-state index in [9.17, 15) is 8.42 Å². The third kappa shape index (κ3) is 3.79. The molecule has 0 N–H and O–H groups in total. The molecule has 0 bridgehead atoms. The molecule has 1 heterocycles. The number of ether oxygens (including phenoxy) is 1. The van der Waals surface area contributed by atoms with E-state index in [0.717, 1.165) is 12.0 Å². The van der Waals surface area contributed by atoms with Crippen molar-refractivity contribution in [2.24, 2.45) is 0 Å². The summed E-state index contributed by atoms with van der Waals surface area (Å²) in [6.07, 6.45) is 3.53. The quantitative estimate of drug-likeness (QED) is 0.763. The van der Waals surface area contributed by atoms with Gasteiger partial charge in [-0.15, -0.1) is 0 Å². The van der Waals surface area contributed by atoms with Gasteiger partial charge in [0.25, 0.3) is 0 Å². The summed E-state index contributed by atoms with van der Waals surface area (Å²) in [6, 6.07) is 9.86. The van der Waals surface area contributed by atoms with Gasteiger partial charge in [0.1, 0.15) is 10.6 Å². The second-order valence-corrected chi connectivity index (χ2v) is 5.66. The van der Waals surface area contributed by atoms with E-state index in [1.54, 1.807) is 25.3 Å². The molecule has 2 rings (SSSR count). The number of hydrogen-bond acceptors (Lipinski definition) is 5. The highest BCUT2D eigenvalue weighted by molar-refractivity contribution is 7.87. The highest BCUT2D eigenvalue weighted by Crippen LogP contribution is 2.18. The molecule has 0 atom stereocenters. The molecular formula is C14H15NO4S. The van der Waals surface area contributed by atoms with Crippen molar-refractivity contribution in [2.75, 3.05) is 13.7 Å². The van der Waals surface area contributed by atoms with Gasteiger partial charge in [0.15, 0.2) is 0 Å². The van der Waals surface area contributed by atoms with Crippen LogP contribution in [0, 0.1) is 0 Å². The van der Waals surface area contributed by atoms with E-state index in [1.165, 1.54) is 18.5 Å². The van der Waals surface area contributed by atoms with Crippen LogP contribution in [-0.4, -0.2) is 27.1 Å². The highest BCUT2D eigenvalue weighted by atomic mass is 32.2. The van der Waals surface area contributed by atoms with Crippen LogP contribution in [-0.2, 0) is 21.3 Å². The normalized spacial score (nSPS) is 11.2. The molecule has 0 aliphatic heterocycles. The van der Waals surface area contributed by atoms with Crippen molar-refractivity contribution >= 4 is 10.1 Å². The zero-order valence-corrected chi connectivity index (χ0v) is 11.8. The molecule has 0 aliphatic rings. The van der Waals surface area contributed by atoms with Crippen molar-refractivity contribution in [1.29, 1.82) is 0 Å². The molecule has 0 spiro atoms. The van der Waals surface area contributed by atoms with Gasteiger partial charge in [-0.05, 0) is 36.2 Å². The number of benzene rings is 1. The standard InChI is InChI=1S/C14H15NO4S/c1-18-10-8-12-4-6-13(7-5-12)19-20(16,17)14-3-2-9-15-11-14/h2-7,9,11H,8,10H2,1H3. The maximum absolute atomic E-state index is 12.0. The van der Waals surface area contributed by atoms with E-state index in [4.69, 9.17) is 8.92 Å². The number of pyridine rings is 1. The predicted molar refractivity (Wildman–Crippen MR) is 74.1 cm³/mol. The minimum Gasteiger partial charge on any atom is -0.384 e. The molecule has 0 fully saturated rings. The molecule has 20 heavy (non-hydrogen) atoms. The third-order valence-corrected chi connectivity index (χ3v) is 3.88. The van der Waals surface area contributed by atoms with Crippen LogP contribution in [0.5, 0.6) is 5.75 Å². The minimum atomic E-state index is -3.83. The SMILES string of the molecule is COCCc1ccc(OS(=O)(=O)c2cccnc2)cc1. The number of aromatic nitrogens is 1. The average molecular weight is 293 g/mol. The van der Waals surface area contributed by atoms with E-state index in [-0.39, 0.29) is 10.6 Å². The first-order valence-corrected chi connectivity index (χ1v) is 7.45. The first-order chi connectivity index (χ1) is 9.62. The van der Waals surface area contributed by atoms with Crippen molar-refractivity contribution in [3.63, 3.8) is 0 Å². The van der Waals surface area contributed by atoms with Crippen LogP contribution >= 0.6 is 0 Å². The number of nitrogens with zero attached hydrogens (tertiary/aromatic N) is 1. The lowest BCUT2D eigenvalue weighted by Crippen LogP contribution is -2.09. The Labute approximate surface area is 118 Å². The lowest BCUT2D eigenvalue weighted by molar-refractivity contribution is 0.202. The van der Waals surface area contributed by atoms with E-state index in [1.807, 2.05) is 12.1 Å². The lowest BCUT2D eigenvalue weighted by atomic mass is 10.1. The summed E-state index contributed by atoms with van der Waals surface area (Å²) in [6.45, 7) is 0.619. The number of hydrogen-bond donors (Lipinski definition) is 0. The molecule has 1 aromatic carbocycles. The smallest absolute Gasteiger partial charge is 0.340 e. The van der Waals surface area contributed by atoms with Crippen LogP contribution in [0.2, 0.25) is 0 Å². The Kier molecular flexibility index (Phi) is 4.70. The Bertz CT molecular complexity index is 639. The van der Waals surface area contributed by atoms with E-state index in [0.29, 0.717) is 6.61 Å². The van der Waals surface area contributed by atoms with Crippen LogP contribution in [0.15, 0.2) is 53.7 Å². The minimum absolute atomic E-state index is 0.0310. The first-order valence-electron chi connectivity index (χ1n) is 6.04. The summed E-state index contributed by atoms with van der Waals surface area (Å²) >= 11 is 0. The lowest BCUT2D eigenvalue weighted by Gasteiger charge is -2.07.